The average molecular weight is 561 g/mol. The highest BCUT2D eigenvalue weighted by molar-refractivity contribution is 5.89. The lowest BCUT2D eigenvalue weighted by atomic mass is 9.84. The zero-order valence-corrected chi connectivity index (χ0v) is 23.0. The van der Waals surface area contributed by atoms with Crippen molar-refractivity contribution >= 4 is 11.9 Å². The average Bonchev–Trinajstić information content (AvgIpc) is 2.94. The van der Waals surface area contributed by atoms with Gasteiger partial charge in [0.15, 0.2) is 0 Å². The van der Waals surface area contributed by atoms with Gasteiger partial charge >= 0.3 is 0 Å². The van der Waals surface area contributed by atoms with Crippen LogP contribution in [-0.4, -0.2) is 88.4 Å². The zero-order chi connectivity index (χ0) is 28.1. The number of methoxy groups -OCH3 is 1. The number of anilines is 1. The van der Waals surface area contributed by atoms with Gasteiger partial charge in [-0.2, -0.15) is 0 Å². The monoisotopic (exact) mass is 560 g/mol. The normalized spacial score (nSPS) is 22.0. The molecule has 3 heterocycles. The molecule has 0 radical (unpaired) electrons. The lowest BCUT2D eigenvalue weighted by Crippen LogP contribution is -2.49. The third kappa shape index (κ3) is 6.39. The van der Waals surface area contributed by atoms with Gasteiger partial charge in [-0.3, -0.25) is 14.2 Å². The minimum Gasteiger partial charge on any atom is -0.496 e. The Labute approximate surface area is 234 Å². The molecule has 5 rings (SSSR count). The Kier molecular flexibility index (Phi) is 9.49. The molecule has 2 aromatic carbocycles. The summed E-state index contributed by atoms with van der Waals surface area (Å²) in [6.45, 7) is 3.20. The Hall–Kier alpha value is -2.82. The maximum Gasteiger partial charge on any atom is 0.251 e. The molecule has 2 fully saturated rings. The molecule has 2 aromatic rings. The largest absolute Gasteiger partial charge is 0.496 e. The molecule has 2 N–H and O–H groups in total. The van der Waals surface area contributed by atoms with E-state index >= 15 is 0 Å². The summed E-state index contributed by atoms with van der Waals surface area (Å²) in [5, 5.41) is 11.7. The number of ether oxygens (including phenoxy) is 3. The van der Waals surface area contributed by atoms with E-state index in [1.807, 2.05) is 24.3 Å². The van der Waals surface area contributed by atoms with Crippen molar-refractivity contribution in [3.05, 3.63) is 52.6 Å². The predicted molar refractivity (Wildman–Crippen MR) is 149 cm³/mol. The standard InChI is InChI=1S/C30H39F3N4O3/c1-38-27-14-21(39-13-11-36-17-20(15-31)18-36)5-6-24(27)30-23-7-8-26(35-29-4-2-3-12-40-29)25(16-34)22(23)9-10-37(30)19-28(32)33/h5-8,14,16,20,28-30,34-35H,2-4,9-13,15,17-19H2,1H3. The molecule has 218 valence electrons. The first-order chi connectivity index (χ1) is 19.5. The maximum atomic E-state index is 13.7. The summed E-state index contributed by atoms with van der Waals surface area (Å²) in [6.07, 6.45) is 2.37. The van der Waals surface area contributed by atoms with Crippen LogP contribution in [0, 0.1) is 11.3 Å². The van der Waals surface area contributed by atoms with Gasteiger partial charge in [0.2, 0.25) is 0 Å². The Balaban J connectivity index is 1.40. The van der Waals surface area contributed by atoms with E-state index in [1.54, 1.807) is 18.1 Å². The van der Waals surface area contributed by atoms with Gasteiger partial charge < -0.3 is 24.9 Å². The van der Waals surface area contributed by atoms with Gasteiger partial charge in [0.1, 0.15) is 24.3 Å². The van der Waals surface area contributed by atoms with Crippen LogP contribution in [-0.2, 0) is 11.2 Å². The molecular formula is C30H39F3N4O3. The Bertz CT molecular complexity index is 1160. The smallest absolute Gasteiger partial charge is 0.251 e. The molecule has 3 aliphatic heterocycles. The van der Waals surface area contributed by atoms with Gasteiger partial charge in [-0.25, -0.2) is 8.78 Å². The molecule has 40 heavy (non-hydrogen) atoms. The van der Waals surface area contributed by atoms with Crippen molar-refractivity contribution in [3.63, 3.8) is 0 Å². The van der Waals surface area contributed by atoms with Crippen LogP contribution in [0.15, 0.2) is 30.3 Å². The molecule has 0 amide bonds. The number of hydrogen-bond acceptors (Lipinski definition) is 7. The Morgan fingerprint density at radius 1 is 1.18 bits per heavy atom. The highest BCUT2D eigenvalue weighted by Crippen LogP contribution is 2.43. The van der Waals surface area contributed by atoms with Crippen LogP contribution in [0.1, 0.15) is 47.6 Å². The number of nitrogens with zero attached hydrogens (tertiary/aromatic N) is 2. The zero-order valence-electron chi connectivity index (χ0n) is 23.0. The number of nitrogens with one attached hydrogen (secondary N) is 2. The molecule has 2 saturated heterocycles. The Morgan fingerprint density at radius 3 is 2.70 bits per heavy atom. The third-order valence-corrected chi connectivity index (χ3v) is 8.14. The van der Waals surface area contributed by atoms with Crippen LogP contribution in [0.4, 0.5) is 18.9 Å². The molecule has 2 unspecified atom stereocenters. The number of benzene rings is 2. The number of alkyl halides is 3. The molecule has 0 aromatic heterocycles. The first-order valence-electron chi connectivity index (χ1n) is 14.2. The number of fused-ring (bicyclic) bond motifs is 1. The summed E-state index contributed by atoms with van der Waals surface area (Å²) in [5.41, 5.74) is 4.26. The van der Waals surface area contributed by atoms with E-state index in [-0.39, 0.29) is 25.4 Å². The van der Waals surface area contributed by atoms with E-state index in [0.717, 1.165) is 60.3 Å². The highest BCUT2D eigenvalue weighted by atomic mass is 19.3. The van der Waals surface area contributed by atoms with Crippen LogP contribution in [0.3, 0.4) is 0 Å². The van der Waals surface area contributed by atoms with E-state index in [2.05, 4.69) is 10.2 Å². The summed E-state index contributed by atoms with van der Waals surface area (Å²) in [5.74, 6) is 1.33. The molecule has 7 nitrogen and oxygen atoms in total. The van der Waals surface area contributed by atoms with Crippen LogP contribution in [0.25, 0.3) is 0 Å². The lowest BCUT2D eigenvalue weighted by Gasteiger charge is -2.39. The summed E-state index contributed by atoms with van der Waals surface area (Å²) < 4.78 is 57.7. The minimum absolute atomic E-state index is 0.0981. The van der Waals surface area contributed by atoms with Crippen LogP contribution in [0.5, 0.6) is 11.5 Å². The van der Waals surface area contributed by atoms with Crippen LogP contribution >= 0.6 is 0 Å². The van der Waals surface area contributed by atoms with E-state index in [9.17, 15) is 13.2 Å². The molecule has 3 aliphatic rings. The molecular weight excluding hydrogens is 521 g/mol. The summed E-state index contributed by atoms with van der Waals surface area (Å²) in [7, 11) is 1.57. The fourth-order valence-electron chi connectivity index (χ4n) is 6.11. The van der Waals surface area contributed by atoms with Crippen LogP contribution < -0.4 is 14.8 Å². The van der Waals surface area contributed by atoms with E-state index in [0.29, 0.717) is 44.2 Å². The first kappa shape index (κ1) is 28.7. The van der Waals surface area contributed by atoms with E-state index in [4.69, 9.17) is 19.6 Å². The second kappa shape index (κ2) is 13.2. The molecule has 0 saturated carbocycles. The molecule has 2 atom stereocenters. The minimum atomic E-state index is -2.48. The van der Waals surface area contributed by atoms with Crippen LogP contribution in [0.2, 0.25) is 0 Å². The van der Waals surface area contributed by atoms with Crippen molar-refractivity contribution in [1.82, 2.24) is 9.80 Å². The quantitative estimate of drug-likeness (QED) is 0.351. The van der Waals surface area contributed by atoms with E-state index in [1.165, 1.54) is 6.21 Å². The number of likely N-dealkylation sites (tertiary alicyclic amines) is 1. The van der Waals surface area contributed by atoms with Crippen molar-refractivity contribution < 1.29 is 27.4 Å². The van der Waals surface area contributed by atoms with Gasteiger partial charge in [-0.05, 0) is 55.0 Å². The summed E-state index contributed by atoms with van der Waals surface area (Å²) >= 11 is 0. The van der Waals surface area contributed by atoms with Crippen molar-refractivity contribution in [3.8, 4) is 11.5 Å². The van der Waals surface area contributed by atoms with E-state index < -0.39 is 12.5 Å². The molecule has 0 spiro atoms. The highest BCUT2D eigenvalue weighted by Gasteiger charge is 2.34. The molecule has 0 aliphatic carbocycles. The van der Waals surface area contributed by atoms with Crippen molar-refractivity contribution in [1.29, 1.82) is 5.41 Å². The van der Waals surface area contributed by atoms with Gasteiger partial charge in [0, 0.05) is 67.8 Å². The number of hydrogen-bond donors (Lipinski definition) is 2. The number of rotatable bonds is 12. The van der Waals surface area contributed by atoms with Gasteiger partial charge in [-0.1, -0.05) is 6.07 Å². The predicted octanol–water partition coefficient (Wildman–Crippen LogP) is 5.12. The lowest BCUT2D eigenvalue weighted by molar-refractivity contribution is 0.0343. The van der Waals surface area contributed by atoms with Crippen molar-refractivity contribution in [2.24, 2.45) is 5.92 Å². The molecule has 10 heteroatoms. The summed E-state index contributed by atoms with van der Waals surface area (Å²) in [4.78, 5) is 3.95. The second-order valence-corrected chi connectivity index (χ2v) is 10.8. The van der Waals surface area contributed by atoms with Gasteiger partial charge in [-0.15, -0.1) is 0 Å². The topological polar surface area (TPSA) is 70.0 Å². The number of halogens is 3. The first-order valence-corrected chi connectivity index (χ1v) is 14.2. The Morgan fingerprint density at radius 2 is 2.00 bits per heavy atom. The fourth-order valence-corrected chi connectivity index (χ4v) is 6.11. The van der Waals surface area contributed by atoms with Gasteiger partial charge in [0.25, 0.3) is 6.43 Å². The SMILES string of the molecule is COc1cc(OCCN2CC(CF)C2)ccc1C1c2ccc(NC3CCCCO3)c(C=N)c2CCN1CC(F)F. The van der Waals surface area contributed by atoms with Crippen molar-refractivity contribution in [2.75, 3.05) is 65.0 Å². The summed E-state index contributed by atoms with van der Waals surface area (Å²) in [6, 6.07) is 9.00. The fraction of sp³-hybridized carbons (Fsp3) is 0.567. The third-order valence-electron chi connectivity index (χ3n) is 8.14. The van der Waals surface area contributed by atoms with Crippen molar-refractivity contribution in [2.45, 2.75) is 44.4 Å². The molecule has 0 bridgehead atoms. The van der Waals surface area contributed by atoms with Gasteiger partial charge in [0.05, 0.1) is 26.4 Å². The maximum absolute atomic E-state index is 13.7. The second-order valence-electron chi connectivity index (χ2n) is 10.8.